The van der Waals surface area contributed by atoms with Crippen molar-refractivity contribution in [2.24, 2.45) is 0 Å². The van der Waals surface area contributed by atoms with Crippen LogP contribution in [0, 0.1) is 0 Å². The van der Waals surface area contributed by atoms with Crippen molar-refractivity contribution in [1.82, 2.24) is 0 Å². The maximum atomic E-state index is 5.43. The van der Waals surface area contributed by atoms with Crippen molar-refractivity contribution >= 4 is 0 Å². The molecule has 0 amide bonds. The Labute approximate surface area is 72.7 Å². The van der Waals surface area contributed by atoms with Gasteiger partial charge in [-0.05, 0) is 0 Å². The third kappa shape index (κ3) is 1.95. The summed E-state index contributed by atoms with van der Waals surface area (Å²) in [5.74, 6) is 0. The van der Waals surface area contributed by atoms with Crippen LogP contribution in [0.1, 0.15) is 0 Å². The van der Waals surface area contributed by atoms with Crippen LogP contribution in [0.2, 0.25) is 0 Å². The minimum absolute atomic E-state index is 0.00458. The molecule has 0 aromatic carbocycles. The smallest absolute Gasteiger partial charge is 0.114 e. The molecule has 0 aliphatic carbocycles. The van der Waals surface area contributed by atoms with Gasteiger partial charge in [-0.3, -0.25) is 0 Å². The molecule has 0 bridgehead atoms. The second-order valence-electron chi connectivity index (χ2n) is 2.80. The quantitative estimate of drug-likeness (QED) is 0.607. The lowest BCUT2D eigenvalue weighted by Crippen LogP contribution is -2.35. The molecule has 1 rings (SSSR count). The average Bonchev–Trinajstić information content (AvgIpc) is 2.47. The van der Waals surface area contributed by atoms with E-state index in [1.807, 2.05) is 0 Å². The fourth-order valence-corrected chi connectivity index (χ4v) is 1.46. The van der Waals surface area contributed by atoms with Gasteiger partial charge in [-0.1, -0.05) is 0 Å². The summed E-state index contributed by atoms with van der Waals surface area (Å²) in [6, 6.07) is 0. The van der Waals surface area contributed by atoms with Crippen LogP contribution in [0.3, 0.4) is 0 Å². The molecule has 1 aliphatic heterocycles. The molecule has 0 saturated carbocycles. The lowest BCUT2D eigenvalue weighted by molar-refractivity contribution is -0.0461. The average molecular weight is 176 g/mol. The molecule has 0 aromatic heterocycles. The third-order valence-corrected chi connectivity index (χ3v) is 2.11. The van der Waals surface area contributed by atoms with E-state index in [-0.39, 0.29) is 18.3 Å². The molecule has 1 aliphatic rings. The van der Waals surface area contributed by atoms with Crippen LogP contribution in [0.15, 0.2) is 0 Å². The summed E-state index contributed by atoms with van der Waals surface area (Å²) < 4.78 is 20.9. The van der Waals surface area contributed by atoms with E-state index in [0.29, 0.717) is 13.2 Å². The van der Waals surface area contributed by atoms with Crippen molar-refractivity contribution in [2.45, 2.75) is 18.3 Å². The van der Waals surface area contributed by atoms with E-state index in [0.717, 1.165) is 0 Å². The molecule has 0 aromatic rings. The minimum atomic E-state index is -0.00468. The van der Waals surface area contributed by atoms with Crippen molar-refractivity contribution in [3.8, 4) is 0 Å². The van der Waals surface area contributed by atoms with Gasteiger partial charge in [-0.2, -0.15) is 0 Å². The Balaban J connectivity index is 2.44. The van der Waals surface area contributed by atoms with Gasteiger partial charge in [-0.25, -0.2) is 0 Å². The molecule has 0 N–H and O–H groups in total. The summed E-state index contributed by atoms with van der Waals surface area (Å²) in [7, 11) is 4.97. The molecule has 4 heteroatoms. The molecule has 0 spiro atoms. The maximum absolute atomic E-state index is 5.43. The summed E-state index contributed by atoms with van der Waals surface area (Å²) in [4.78, 5) is 0. The lowest BCUT2D eigenvalue weighted by Gasteiger charge is -2.19. The first kappa shape index (κ1) is 9.92. The van der Waals surface area contributed by atoms with Gasteiger partial charge < -0.3 is 18.9 Å². The molecule has 4 nitrogen and oxygen atoms in total. The molecule has 3 atom stereocenters. The number of ether oxygens (including phenoxy) is 4. The number of rotatable bonds is 4. The molecule has 1 saturated heterocycles. The molecule has 72 valence electrons. The molecule has 1 heterocycles. The normalized spacial score (nSPS) is 35.8. The Morgan fingerprint density at radius 1 is 1.25 bits per heavy atom. The molecular formula is C8H16O4. The highest BCUT2D eigenvalue weighted by molar-refractivity contribution is 4.85. The summed E-state index contributed by atoms with van der Waals surface area (Å²) in [6.45, 7) is 1.14. The summed E-state index contributed by atoms with van der Waals surface area (Å²) in [5, 5.41) is 0. The van der Waals surface area contributed by atoms with Crippen molar-refractivity contribution in [3.63, 3.8) is 0 Å². The fraction of sp³-hybridized carbons (Fsp3) is 1.00. The first-order chi connectivity index (χ1) is 5.83. The van der Waals surface area contributed by atoms with Gasteiger partial charge in [0.1, 0.15) is 18.3 Å². The standard InChI is InChI=1S/C8H16O4/c1-9-4-7-8(11-3)6(10-2)5-12-7/h6-8H,4-5H2,1-3H3/t6?,7-,8?/m1/s1. The van der Waals surface area contributed by atoms with E-state index in [9.17, 15) is 0 Å². The van der Waals surface area contributed by atoms with Gasteiger partial charge in [0.15, 0.2) is 0 Å². The second kappa shape index (κ2) is 4.77. The van der Waals surface area contributed by atoms with Gasteiger partial charge in [0.25, 0.3) is 0 Å². The van der Waals surface area contributed by atoms with E-state index in [4.69, 9.17) is 18.9 Å². The molecule has 12 heavy (non-hydrogen) atoms. The van der Waals surface area contributed by atoms with Crippen molar-refractivity contribution in [2.75, 3.05) is 34.5 Å². The predicted molar refractivity (Wildman–Crippen MR) is 43.2 cm³/mol. The van der Waals surface area contributed by atoms with Crippen molar-refractivity contribution < 1.29 is 18.9 Å². The van der Waals surface area contributed by atoms with E-state index in [1.165, 1.54) is 0 Å². The first-order valence-corrected chi connectivity index (χ1v) is 3.99. The zero-order chi connectivity index (χ0) is 8.97. The van der Waals surface area contributed by atoms with Gasteiger partial charge in [-0.15, -0.1) is 0 Å². The molecule has 2 unspecified atom stereocenters. The first-order valence-electron chi connectivity index (χ1n) is 3.99. The van der Waals surface area contributed by atoms with Crippen LogP contribution in [0.4, 0.5) is 0 Å². The Kier molecular flexibility index (Phi) is 3.94. The Morgan fingerprint density at radius 2 is 2.00 bits per heavy atom. The largest absolute Gasteiger partial charge is 0.382 e. The Morgan fingerprint density at radius 3 is 2.50 bits per heavy atom. The van der Waals surface area contributed by atoms with Gasteiger partial charge in [0, 0.05) is 21.3 Å². The van der Waals surface area contributed by atoms with Gasteiger partial charge in [0.05, 0.1) is 13.2 Å². The van der Waals surface area contributed by atoms with Crippen LogP contribution < -0.4 is 0 Å². The van der Waals surface area contributed by atoms with E-state index < -0.39 is 0 Å². The zero-order valence-corrected chi connectivity index (χ0v) is 7.78. The number of hydrogen-bond acceptors (Lipinski definition) is 4. The molecule has 1 fully saturated rings. The SMILES string of the molecule is COC[C@H]1OCC(OC)C1OC. The second-order valence-corrected chi connectivity index (χ2v) is 2.80. The van der Waals surface area contributed by atoms with Crippen molar-refractivity contribution in [1.29, 1.82) is 0 Å². The highest BCUT2D eigenvalue weighted by Gasteiger charge is 2.37. The van der Waals surface area contributed by atoms with Crippen LogP contribution in [-0.2, 0) is 18.9 Å². The van der Waals surface area contributed by atoms with Crippen molar-refractivity contribution in [3.05, 3.63) is 0 Å². The van der Waals surface area contributed by atoms with E-state index in [1.54, 1.807) is 21.3 Å². The predicted octanol–water partition coefficient (Wildman–Crippen LogP) is 0.0616. The summed E-state index contributed by atoms with van der Waals surface area (Å²) >= 11 is 0. The van der Waals surface area contributed by atoms with Crippen LogP contribution in [-0.4, -0.2) is 52.9 Å². The van der Waals surface area contributed by atoms with E-state index in [2.05, 4.69) is 0 Å². The minimum Gasteiger partial charge on any atom is -0.382 e. The monoisotopic (exact) mass is 176 g/mol. The molecular weight excluding hydrogens is 160 g/mol. The highest BCUT2D eigenvalue weighted by atomic mass is 16.6. The number of methoxy groups -OCH3 is 3. The van der Waals surface area contributed by atoms with Gasteiger partial charge >= 0.3 is 0 Å². The number of hydrogen-bond donors (Lipinski definition) is 0. The van der Waals surface area contributed by atoms with Crippen LogP contribution in [0.25, 0.3) is 0 Å². The van der Waals surface area contributed by atoms with Gasteiger partial charge in [0.2, 0.25) is 0 Å². The Bertz CT molecular complexity index is 128. The fourth-order valence-electron chi connectivity index (χ4n) is 1.46. The van der Waals surface area contributed by atoms with E-state index >= 15 is 0 Å². The summed E-state index contributed by atoms with van der Waals surface area (Å²) in [6.07, 6.45) is 0.0371. The van der Waals surface area contributed by atoms with Crippen LogP contribution >= 0.6 is 0 Å². The highest BCUT2D eigenvalue weighted by Crippen LogP contribution is 2.19. The Hall–Kier alpha value is -0.160. The lowest BCUT2D eigenvalue weighted by atomic mass is 10.1. The summed E-state index contributed by atoms with van der Waals surface area (Å²) in [5.41, 5.74) is 0. The molecule has 0 radical (unpaired) electrons. The van der Waals surface area contributed by atoms with Crippen LogP contribution in [0.5, 0.6) is 0 Å². The third-order valence-electron chi connectivity index (χ3n) is 2.11. The zero-order valence-electron chi connectivity index (χ0n) is 7.78. The topological polar surface area (TPSA) is 36.9 Å². The maximum Gasteiger partial charge on any atom is 0.114 e.